The van der Waals surface area contributed by atoms with Crippen LogP contribution < -0.4 is 4.57 Å². The van der Waals surface area contributed by atoms with E-state index in [4.69, 9.17) is 0 Å². The summed E-state index contributed by atoms with van der Waals surface area (Å²) >= 11 is 0. The van der Waals surface area contributed by atoms with Crippen LogP contribution in [-0.2, 0) is 16.5 Å². The zero-order chi connectivity index (χ0) is 37.2. The molecule has 1 aromatic carbocycles. The molecule has 4 fully saturated rings. The topological polar surface area (TPSA) is 102 Å². The fraction of sp³-hybridized carbons (Fsp3) is 0.750. The molecule has 51 heavy (non-hydrogen) atoms. The van der Waals surface area contributed by atoms with Crippen LogP contribution in [-0.4, -0.2) is 34.9 Å². The zero-order valence-corrected chi connectivity index (χ0v) is 33.6. The van der Waals surface area contributed by atoms with Crippen molar-refractivity contribution >= 4 is 10.1 Å². The average Bonchev–Trinajstić information content (AvgIpc) is 3.43. The van der Waals surface area contributed by atoms with E-state index < -0.39 is 15.7 Å². The lowest BCUT2D eigenvalue weighted by Gasteiger charge is -2.64. The fourth-order valence-electron chi connectivity index (χ4n) is 11.8. The minimum absolute atomic E-state index is 0.0447. The molecular weight excluding hydrogens is 655 g/mol. The van der Waals surface area contributed by atoms with Crippen LogP contribution in [0.15, 0.2) is 53.7 Å². The van der Waals surface area contributed by atoms with Crippen LogP contribution in [0.5, 0.6) is 0 Å². The van der Waals surface area contributed by atoms with E-state index in [1.54, 1.807) is 12.1 Å². The summed E-state index contributed by atoms with van der Waals surface area (Å²) in [4.78, 5) is -0.178. The number of rotatable bonds is 11. The smallest absolute Gasteiger partial charge is 0.187 e. The van der Waals surface area contributed by atoms with E-state index in [2.05, 4.69) is 70.6 Å². The van der Waals surface area contributed by atoms with Crippen molar-refractivity contribution < 1.29 is 27.8 Å². The molecule has 6 nitrogen and oxygen atoms in total. The summed E-state index contributed by atoms with van der Waals surface area (Å²) in [6.07, 6.45) is 22.0. The molecular formula is C44H69NO5S. The van der Waals surface area contributed by atoms with E-state index in [1.165, 1.54) is 81.9 Å². The molecule has 2 N–H and O–H groups in total. The monoisotopic (exact) mass is 723 g/mol. The van der Waals surface area contributed by atoms with E-state index in [9.17, 15) is 23.2 Å². The molecule has 0 bridgehead atoms. The van der Waals surface area contributed by atoms with Gasteiger partial charge in [-0.3, -0.25) is 0 Å². The van der Waals surface area contributed by atoms with Gasteiger partial charge >= 0.3 is 0 Å². The summed E-state index contributed by atoms with van der Waals surface area (Å²) in [6.45, 7) is 16.5. The Morgan fingerprint density at radius 1 is 0.902 bits per heavy atom. The van der Waals surface area contributed by atoms with E-state index in [-0.39, 0.29) is 22.5 Å². The van der Waals surface area contributed by atoms with Crippen molar-refractivity contribution in [3.05, 3.63) is 59.9 Å². The van der Waals surface area contributed by atoms with Crippen LogP contribution >= 0.6 is 0 Å². The molecule has 0 spiro atoms. The summed E-state index contributed by atoms with van der Waals surface area (Å²) in [5.74, 6) is 4.49. The molecule has 0 radical (unpaired) electrons. The van der Waals surface area contributed by atoms with Crippen molar-refractivity contribution in [3.8, 4) is 0 Å². The summed E-state index contributed by atoms with van der Waals surface area (Å²) < 4.78 is 33.5. The Kier molecular flexibility index (Phi) is 12.9. The number of aliphatic hydroxyl groups excluding tert-OH is 1. The molecule has 1 aromatic heterocycles. The lowest BCUT2D eigenvalue weighted by Crippen LogP contribution is -2.71. The van der Waals surface area contributed by atoms with Gasteiger partial charge in [-0.2, -0.15) is 4.57 Å². The van der Waals surface area contributed by atoms with Crippen molar-refractivity contribution in [1.29, 1.82) is 0 Å². The minimum atomic E-state index is -4.27. The van der Waals surface area contributed by atoms with Gasteiger partial charge in [0.25, 0.3) is 0 Å². The summed E-state index contributed by atoms with van der Waals surface area (Å²) in [5, 5.41) is 23.6. The van der Waals surface area contributed by atoms with Crippen LogP contribution in [0.1, 0.15) is 149 Å². The van der Waals surface area contributed by atoms with Crippen molar-refractivity contribution in [3.63, 3.8) is 0 Å². The lowest BCUT2D eigenvalue weighted by molar-refractivity contribution is -0.747. The van der Waals surface area contributed by atoms with Crippen LogP contribution in [0.25, 0.3) is 0 Å². The number of unbranched alkanes of at least 4 members (excludes halogenated alkanes) is 2. The standard InChI is InChI=1S/C37H62NO2.C7H8O3S/c1-7-8-9-13-28-18-22-38(23-19-28)34-24-30-32-15-14-31(27(4)12-10-11-26(2)3)35(32,5)20-17-33(30)36(6)21-16-29(39)25-37(34,36)40;1-6-2-4-7(5-3-6)11(8,9)10/h18-19,22-23,26-27,29-34,39-40H,7-17,20-21,24-25H2,1-6H3;2-5H,1H3,(H,8,9,10)/q+1;/p-1. The Morgan fingerprint density at radius 2 is 1.59 bits per heavy atom. The number of aryl methyl sites for hydroxylation is 2. The first-order valence-electron chi connectivity index (χ1n) is 20.5. The number of benzene rings is 1. The van der Waals surface area contributed by atoms with Gasteiger partial charge in [-0.1, -0.05) is 91.3 Å². The second-order valence-corrected chi connectivity index (χ2v) is 19.7. The van der Waals surface area contributed by atoms with Crippen LogP contribution in [0.3, 0.4) is 0 Å². The average molecular weight is 724 g/mol. The highest BCUT2D eigenvalue weighted by atomic mass is 32.2. The molecule has 0 amide bonds. The molecule has 4 saturated carbocycles. The van der Waals surface area contributed by atoms with E-state index in [0.29, 0.717) is 23.7 Å². The van der Waals surface area contributed by atoms with Gasteiger partial charge in [0.1, 0.15) is 15.7 Å². The van der Waals surface area contributed by atoms with Crippen LogP contribution in [0, 0.1) is 53.3 Å². The number of aromatic nitrogens is 1. The first-order valence-corrected chi connectivity index (χ1v) is 21.9. The Balaban J connectivity index is 0.000000392. The highest BCUT2D eigenvalue weighted by Crippen LogP contribution is 2.70. The number of hydrogen-bond acceptors (Lipinski definition) is 5. The Labute approximate surface area is 310 Å². The number of fused-ring (bicyclic) bond motifs is 5. The van der Waals surface area contributed by atoms with Gasteiger partial charge in [-0.25, -0.2) is 8.42 Å². The van der Waals surface area contributed by atoms with Gasteiger partial charge in [-0.15, -0.1) is 0 Å². The summed E-state index contributed by atoms with van der Waals surface area (Å²) in [5.41, 5.74) is 1.80. The summed E-state index contributed by atoms with van der Waals surface area (Å²) in [6, 6.07) is 10.4. The van der Waals surface area contributed by atoms with Gasteiger partial charge in [0.15, 0.2) is 18.4 Å². The molecule has 4 aliphatic rings. The predicted octanol–water partition coefficient (Wildman–Crippen LogP) is 9.35. The molecule has 10 atom stereocenters. The Hall–Kier alpha value is -1.80. The SMILES string of the molecule is CCCCCc1cc[n+](C2CC3C4CCC(C(C)CCCC(C)C)C4(C)CCC3C3(C)CCC(O)CC23O)cc1.Cc1ccc(S(=O)(=O)[O-])cc1. The number of hydrogen-bond donors (Lipinski definition) is 2. The van der Waals surface area contributed by atoms with Gasteiger partial charge in [0, 0.05) is 30.4 Å². The van der Waals surface area contributed by atoms with Gasteiger partial charge in [0.2, 0.25) is 0 Å². The number of pyridine rings is 1. The van der Waals surface area contributed by atoms with Crippen molar-refractivity contribution in [2.45, 2.75) is 167 Å². The molecule has 0 saturated heterocycles. The molecule has 10 unspecified atom stereocenters. The third-order valence-corrected chi connectivity index (χ3v) is 15.5. The fourth-order valence-corrected chi connectivity index (χ4v) is 12.3. The quantitative estimate of drug-likeness (QED) is 0.137. The maximum atomic E-state index is 12.7. The first-order chi connectivity index (χ1) is 24.0. The first kappa shape index (κ1) is 40.4. The molecule has 2 aromatic rings. The van der Waals surface area contributed by atoms with Crippen molar-refractivity contribution in [1.82, 2.24) is 0 Å². The predicted molar refractivity (Wildman–Crippen MR) is 204 cm³/mol. The molecule has 1 heterocycles. The second kappa shape index (κ2) is 16.3. The minimum Gasteiger partial charge on any atom is -0.744 e. The Bertz CT molecular complexity index is 1530. The zero-order valence-electron chi connectivity index (χ0n) is 32.8. The Morgan fingerprint density at radius 3 is 2.22 bits per heavy atom. The molecule has 286 valence electrons. The van der Waals surface area contributed by atoms with Gasteiger partial charge < -0.3 is 14.8 Å². The highest BCUT2D eigenvalue weighted by molar-refractivity contribution is 7.85. The van der Waals surface area contributed by atoms with E-state index >= 15 is 0 Å². The van der Waals surface area contributed by atoms with Crippen LogP contribution in [0.2, 0.25) is 0 Å². The number of nitrogens with zero attached hydrogens (tertiary/aromatic N) is 1. The normalized spacial score (nSPS) is 35.3. The van der Waals surface area contributed by atoms with Crippen LogP contribution in [0.4, 0.5) is 0 Å². The van der Waals surface area contributed by atoms with Crippen molar-refractivity contribution in [2.75, 3.05) is 0 Å². The maximum Gasteiger partial charge on any atom is 0.187 e. The highest BCUT2D eigenvalue weighted by Gasteiger charge is 2.70. The van der Waals surface area contributed by atoms with Gasteiger partial charge in [-0.05, 0) is 117 Å². The molecule has 7 heteroatoms. The molecule has 0 aliphatic heterocycles. The second-order valence-electron chi connectivity index (χ2n) is 18.3. The lowest BCUT2D eigenvalue weighted by atomic mass is 9.42. The maximum absolute atomic E-state index is 12.7. The molecule has 6 rings (SSSR count). The number of aliphatic hydroxyl groups is 2. The third-order valence-electron chi connectivity index (χ3n) is 14.7. The third kappa shape index (κ3) is 8.47. The van der Waals surface area contributed by atoms with Gasteiger partial charge in [0.05, 0.1) is 11.0 Å². The van der Waals surface area contributed by atoms with E-state index in [1.807, 2.05) is 6.92 Å². The van der Waals surface area contributed by atoms with Crippen molar-refractivity contribution in [2.24, 2.45) is 46.3 Å². The van der Waals surface area contributed by atoms with E-state index in [0.717, 1.165) is 54.9 Å². The largest absolute Gasteiger partial charge is 0.744 e. The molecule has 4 aliphatic carbocycles. The summed E-state index contributed by atoms with van der Waals surface area (Å²) in [7, 11) is -4.27.